The summed E-state index contributed by atoms with van der Waals surface area (Å²) in [5.74, 6) is -0.221. The highest BCUT2D eigenvalue weighted by atomic mass is 79.9. The molecule has 1 aliphatic heterocycles. The zero-order valence-electron chi connectivity index (χ0n) is 9.88. The van der Waals surface area contributed by atoms with Gasteiger partial charge in [-0.2, -0.15) is 0 Å². The smallest absolute Gasteiger partial charge is 0.137 e. The number of benzene rings is 1. The standard InChI is InChI=1S/C13H17BrFNO/c1-9-13(8-16,5-6-17-9)7-10-3-2-4-11(15)12(10)14/h2-4,9H,5-8,16H2,1H3. The lowest BCUT2D eigenvalue weighted by Gasteiger charge is -2.31. The number of nitrogens with two attached hydrogens (primary N) is 1. The van der Waals surface area contributed by atoms with Gasteiger partial charge in [-0.25, -0.2) is 4.39 Å². The minimum atomic E-state index is -0.221. The average Bonchev–Trinajstić information content (AvgIpc) is 2.67. The first kappa shape index (κ1) is 13.0. The zero-order valence-corrected chi connectivity index (χ0v) is 11.5. The van der Waals surface area contributed by atoms with E-state index in [1.54, 1.807) is 6.07 Å². The van der Waals surface area contributed by atoms with Gasteiger partial charge in [-0.3, -0.25) is 0 Å². The number of hydrogen-bond acceptors (Lipinski definition) is 2. The van der Waals surface area contributed by atoms with Gasteiger partial charge in [0.25, 0.3) is 0 Å². The first-order valence-corrected chi connectivity index (χ1v) is 6.63. The molecule has 4 heteroatoms. The van der Waals surface area contributed by atoms with Crippen molar-refractivity contribution in [3.05, 3.63) is 34.1 Å². The van der Waals surface area contributed by atoms with E-state index in [4.69, 9.17) is 10.5 Å². The van der Waals surface area contributed by atoms with E-state index in [2.05, 4.69) is 15.9 Å². The van der Waals surface area contributed by atoms with Crippen LogP contribution in [-0.2, 0) is 11.2 Å². The summed E-state index contributed by atoms with van der Waals surface area (Å²) in [7, 11) is 0. The largest absolute Gasteiger partial charge is 0.378 e. The van der Waals surface area contributed by atoms with Crippen molar-refractivity contribution in [3.63, 3.8) is 0 Å². The molecule has 0 aliphatic carbocycles. The van der Waals surface area contributed by atoms with Gasteiger partial charge < -0.3 is 10.5 Å². The molecule has 2 unspecified atom stereocenters. The molecule has 0 bridgehead atoms. The number of ether oxygens (including phenoxy) is 1. The second-order valence-electron chi connectivity index (χ2n) is 4.72. The summed E-state index contributed by atoms with van der Waals surface area (Å²) in [5.41, 5.74) is 6.81. The van der Waals surface area contributed by atoms with Gasteiger partial charge in [-0.05, 0) is 47.3 Å². The van der Waals surface area contributed by atoms with Crippen LogP contribution in [0.4, 0.5) is 4.39 Å². The van der Waals surface area contributed by atoms with E-state index in [1.165, 1.54) is 6.07 Å². The fourth-order valence-electron chi connectivity index (χ4n) is 2.46. The summed E-state index contributed by atoms with van der Waals surface area (Å²) < 4.78 is 19.6. The van der Waals surface area contributed by atoms with Crippen LogP contribution in [0.5, 0.6) is 0 Å². The highest BCUT2D eigenvalue weighted by molar-refractivity contribution is 9.10. The maximum atomic E-state index is 13.5. The summed E-state index contributed by atoms with van der Waals surface area (Å²) in [6.45, 7) is 3.36. The maximum absolute atomic E-state index is 13.5. The molecule has 94 valence electrons. The second kappa shape index (κ2) is 5.04. The van der Waals surface area contributed by atoms with Crippen LogP contribution < -0.4 is 5.73 Å². The topological polar surface area (TPSA) is 35.2 Å². The van der Waals surface area contributed by atoms with Gasteiger partial charge in [-0.1, -0.05) is 12.1 Å². The molecule has 0 radical (unpaired) electrons. The molecule has 2 N–H and O–H groups in total. The lowest BCUT2D eigenvalue weighted by Crippen LogP contribution is -2.38. The van der Waals surface area contributed by atoms with Crippen molar-refractivity contribution in [1.82, 2.24) is 0 Å². The van der Waals surface area contributed by atoms with Gasteiger partial charge in [-0.15, -0.1) is 0 Å². The van der Waals surface area contributed by atoms with Crippen LogP contribution in [0.2, 0.25) is 0 Å². The number of rotatable bonds is 3. The van der Waals surface area contributed by atoms with E-state index in [-0.39, 0.29) is 17.3 Å². The summed E-state index contributed by atoms with van der Waals surface area (Å²) in [6.07, 6.45) is 1.82. The van der Waals surface area contributed by atoms with Crippen LogP contribution in [0.25, 0.3) is 0 Å². The van der Waals surface area contributed by atoms with Crippen molar-refractivity contribution < 1.29 is 9.13 Å². The van der Waals surface area contributed by atoms with Crippen molar-refractivity contribution in [1.29, 1.82) is 0 Å². The fourth-order valence-corrected chi connectivity index (χ4v) is 2.86. The average molecular weight is 302 g/mol. The molecule has 1 aliphatic rings. The molecule has 0 saturated carbocycles. The Morgan fingerprint density at radius 2 is 2.35 bits per heavy atom. The highest BCUT2D eigenvalue weighted by Crippen LogP contribution is 2.39. The third-order valence-corrected chi connectivity index (χ3v) is 4.70. The predicted molar refractivity (Wildman–Crippen MR) is 69.3 cm³/mol. The van der Waals surface area contributed by atoms with Crippen LogP contribution in [0.1, 0.15) is 18.9 Å². The lowest BCUT2D eigenvalue weighted by molar-refractivity contribution is 0.0672. The van der Waals surface area contributed by atoms with Crippen molar-refractivity contribution in [2.75, 3.05) is 13.2 Å². The monoisotopic (exact) mass is 301 g/mol. The van der Waals surface area contributed by atoms with Crippen LogP contribution in [-0.4, -0.2) is 19.3 Å². The Morgan fingerprint density at radius 3 is 2.94 bits per heavy atom. The van der Waals surface area contributed by atoms with E-state index in [0.717, 1.165) is 25.0 Å². The van der Waals surface area contributed by atoms with E-state index < -0.39 is 0 Å². The molecule has 1 heterocycles. The summed E-state index contributed by atoms with van der Waals surface area (Å²) >= 11 is 3.30. The normalized spacial score (nSPS) is 28.6. The molecule has 2 nitrogen and oxygen atoms in total. The maximum Gasteiger partial charge on any atom is 0.137 e. The number of halogens is 2. The van der Waals surface area contributed by atoms with E-state index >= 15 is 0 Å². The third kappa shape index (κ3) is 2.39. The van der Waals surface area contributed by atoms with Gasteiger partial charge in [0.1, 0.15) is 5.82 Å². The van der Waals surface area contributed by atoms with E-state index in [0.29, 0.717) is 11.0 Å². The van der Waals surface area contributed by atoms with Crippen LogP contribution in [0, 0.1) is 11.2 Å². The van der Waals surface area contributed by atoms with Gasteiger partial charge in [0.05, 0.1) is 10.6 Å². The molecule has 1 saturated heterocycles. The van der Waals surface area contributed by atoms with Gasteiger partial charge in [0.2, 0.25) is 0 Å². The Labute approximate surface area is 109 Å². The fraction of sp³-hybridized carbons (Fsp3) is 0.538. The lowest BCUT2D eigenvalue weighted by atomic mass is 9.76. The molecule has 1 aromatic carbocycles. The third-order valence-electron chi connectivity index (χ3n) is 3.81. The Kier molecular flexibility index (Phi) is 3.85. The van der Waals surface area contributed by atoms with Crippen LogP contribution >= 0.6 is 15.9 Å². The van der Waals surface area contributed by atoms with Crippen molar-refractivity contribution in [3.8, 4) is 0 Å². The van der Waals surface area contributed by atoms with Gasteiger partial charge in [0, 0.05) is 18.6 Å². The first-order valence-electron chi connectivity index (χ1n) is 5.83. The molecule has 0 spiro atoms. The van der Waals surface area contributed by atoms with Crippen LogP contribution in [0.3, 0.4) is 0 Å². The summed E-state index contributed by atoms with van der Waals surface area (Å²) in [6, 6.07) is 5.13. The van der Waals surface area contributed by atoms with E-state index in [9.17, 15) is 4.39 Å². The molecular weight excluding hydrogens is 285 g/mol. The Morgan fingerprint density at radius 1 is 1.59 bits per heavy atom. The quantitative estimate of drug-likeness (QED) is 0.932. The highest BCUT2D eigenvalue weighted by Gasteiger charge is 2.40. The minimum absolute atomic E-state index is 0.0592. The number of hydrogen-bond donors (Lipinski definition) is 1. The molecule has 1 aromatic rings. The molecule has 0 amide bonds. The molecule has 1 fully saturated rings. The van der Waals surface area contributed by atoms with Crippen molar-refractivity contribution >= 4 is 15.9 Å². The molecule has 17 heavy (non-hydrogen) atoms. The predicted octanol–water partition coefficient (Wildman–Crippen LogP) is 2.88. The summed E-state index contributed by atoms with van der Waals surface area (Å²) in [4.78, 5) is 0. The zero-order chi connectivity index (χ0) is 12.5. The second-order valence-corrected chi connectivity index (χ2v) is 5.51. The van der Waals surface area contributed by atoms with E-state index in [1.807, 2.05) is 13.0 Å². The van der Waals surface area contributed by atoms with Crippen molar-refractivity contribution in [2.45, 2.75) is 25.9 Å². The van der Waals surface area contributed by atoms with Gasteiger partial charge >= 0.3 is 0 Å². The van der Waals surface area contributed by atoms with Crippen LogP contribution in [0.15, 0.2) is 22.7 Å². The molecule has 0 aromatic heterocycles. The molecule has 2 atom stereocenters. The Balaban J connectivity index is 2.27. The minimum Gasteiger partial charge on any atom is -0.378 e. The Bertz CT molecular complexity index is 412. The SMILES string of the molecule is CC1OCCC1(CN)Cc1cccc(F)c1Br. The Hall–Kier alpha value is -0.450. The summed E-state index contributed by atoms with van der Waals surface area (Å²) in [5, 5.41) is 0. The molecule has 2 rings (SSSR count). The molecular formula is C13H17BrFNO. The first-order chi connectivity index (χ1) is 8.09. The van der Waals surface area contributed by atoms with Gasteiger partial charge in [0.15, 0.2) is 0 Å². The van der Waals surface area contributed by atoms with Crippen molar-refractivity contribution in [2.24, 2.45) is 11.1 Å².